The molecule has 0 saturated carbocycles. The Morgan fingerprint density at radius 2 is 1.76 bits per heavy atom. The Bertz CT molecular complexity index is 773. The monoisotopic (exact) mass is 285 g/mol. The molecule has 3 nitrogen and oxygen atoms in total. The number of nitrogens with zero attached hydrogens (tertiary/aromatic N) is 1. The van der Waals surface area contributed by atoms with Crippen LogP contribution in [0.25, 0.3) is 22.0 Å². The van der Waals surface area contributed by atoms with Crippen LogP contribution in [-0.2, 0) is 0 Å². The highest BCUT2D eigenvalue weighted by molar-refractivity contribution is 6.00. The minimum atomic E-state index is -2.65. The molecule has 0 aliphatic rings. The number of nitrogens with one attached hydrogen (secondary N) is 1. The first-order valence-electron chi connectivity index (χ1n) is 6.44. The summed E-state index contributed by atoms with van der Waals surface area (Å²) in [6.07, 6.45) is -2.65. The Morgan fingerprint density at radius 3 is 2.43 bits per heavy atom. The van der Waals surface area contributed by atoms with Crippen LogP contribution in [0.2, 0.25) is 0 Å². The second-order valence-electron chi connectivity index (χ2n) is 4.61. The summed E-state index contributed by atoms with van der Waals surface area (Å²) in [7, 11) is 0. The van der Waals surface area contributed by atoms with Crippen molar-refractivity contribution in [2.45, 2.75) is 6.43 Å². The van der Waals surface area contributed by atoms with Gasteiger partial charge in [0, 0.05) is 10.9 Å². The lowest BCUT2D eigenvalue weighted by atomic mass is 10.0. The number of hydrogen-bond acceptors (Lipinski definition) is 3. The van der Waals surface area contributed by atoms with E-state index in [-0.39, 0.29) is 5.69 Å². The molecular formula is C16H13F2N3. The van der Waals surface area contributed by atoms with Crippen LogP contribution >= 0.6 is 0 Å². The molecule has 0 aliphatic carbocycles. The SMILES string of the molecule is NNc1cc(C(F)F)nc2c(-c3ccccc3)cccc12. The van der Waals surface area contributed by atoms with Crippen molar-refractivity contribution in [2.24, 2.45) is 5.84 Å². The molecule has 106 valence electrons. The first kappa shape index (κ1) is 13.5. The number of nitrogens with two attached hydrogens (primary N) is 1. The van der Waals surface area contributed by atoms with E-state index >= 15 is 0 Å². The number of rotatable bonds is 3. The molecule has 3 aromatic rings. The highest BCUT2D eigenvalue weighted by atomic mass is 19.3. The van der Waals surface area contributed by atoms with E-state index in [0.717, 1.165) is 11.1 Å². The lowest BCUT2D eigenvalue weighted by molar-refractivity contribution is 0.146. The van der Waals surface area contributed by atoms with Crippen LogP contribution in [0.4, 0.5) is 14.5 Å². The van der Waals surface area contributed by atoms with Crippen molar-refractivity contribution >= 4 is 16.6 Å². The summed E-state index contributed by atoms with van der Waals surface area (Å²) in [6, 6.07) is 16.3. The van der Waals surface area contributed by atoms with Crippen molar-refractivity contribution in [1.82, 2.24) is 4.98 Å². The van der Waals surface area contributed by atoms with Gasteiger partial charge in [0.05, 0.1) is 11.2 Å². The van der Waals surface area contributed by atoms with Crippen LogP contribution in [0.1, 0.15) is 12.1 Å². The zero-order valence-electron chi connectivity index (χ0n) is 11.1. The van der Waals surface area contributed by atoms with Crippen LogP contribution in [-0.4, -0.2) is 4.98 Å². The third-order valence-corrected chi connectivity index (χ3v) is 3.32. The maximum absolute atomic E-state index is 13.0. The second-order valence-corrected chi connectivity index (χ2v) is 4.61. The molecule has 0 radical (unpaired) electrons. The summed E-state index contributed by atoms with van der Waals surface area (Å²) in [5.41, 5.74) is 4.84. The highest BCUT2D eigenvalue weighted by Gasteiger charge is 2.15. The van der Waals surface area contributed by atoms with Crippen molar-refractivity contribution in [3.05, 3.63) is 60.3 Å². The number of halogens is 2. The third-order valence-electron chi connectivity index (χ3n) is 3.32. The predicted octanol–water partition coefficient (Wildman–Crippen LogP) is 4.13. The fourth-order valence-electron chi connectivity index (χ4n) is 2.35. The van der Waals surface area contributed by atoms with Gasteiger partial charge in [-0.3, -0.25) is 5.84 Å². The number of fused-ring (bicyclic) bond motifs is 1. The van der Waals surface area contributed by atoms with Gasteiger partial charge in [0.25, 0.3) is 6.43 Å². The van der Waals surface area contributed by atoms with Crippen LogP contribution in [0, 0.1) is 0 Å². The molecule has 21 heavy (non-hydrogen) atoms. The predicted molar refractivity (Wildman–Crippen MR) is 79.9 cm³/mol. The molecule has 0 amide bonds. The Morgan fingerprint density at radius 1 is 1.00 bits per heavy atom. The quantitative estimate of drug-likeness (QED) is 0.562. The summed E-state index contributed by atoms with van der Waals surface area (Å²) in [5.74, 6) is 5.45. The van der Waals surface area contributed by atoms with Crippen LogP contribution in [0.5, 0.6) is 0 Å². The van der Waals surface area contributed by atoms with E-state index in [1.165, 1.54) is 6.07 Å². The van der Waals surface area contributed by atoms with E-state index in [0.29, 0.717) is 16.6 Å². The minimum Gasteiger partial charge on any atom is -0.323 e. The Balaban J connectivity index is 2.34. The molecule has 0 saturated heterocycles. The lowest BCUT2D eigenvalue weighted by Crippen LogP contribution is -2.08. The molecule has 0 bridgehead atoms. The minimum absolute atomic E-state index is 0.293. The van der Waals surface area contributed by atoms with Crippen molar-refractivity contribution in [3.63, 3.8) is 0 Å². The number of anilines is 1. The van der Waals surface area contributed by atoms with E-state index < -0.39 is 6.43 Å². The topological polar surface area (TPSA) is 50.9 Å². The molecule has 0 fully saturated rings. The molecule has 0 aliphatic heterocycles. The number of alkyl halides is 2. The van der Waals surface area contributed by atoms with E-state index in [4.69, 9.17) is 5.84 Å². The fraction of sp³-hybridized carbons (Fsp3) is 0.0625. The summed E-state index contributed by atoms with van der Waals surface area (Å²) in [5, 5.41) is 0.711. The van der Waals surface area contributed by atoms with Gasteiger partial charge >= 0.3 is 0 Å². The highest BCUT2D eigenvalue weighted by Crippen LogP contribution is 2.33. The number of nitrogen functional groups attached to an aromatic ring is 1. The van der Waals surface area contributed by atoms with Crippen molar-refractivity contribution in [3.8, 4) is 11.1 Å². The number of benzene rings is 2. The van der Waals surface area contributed by atoms with Crippen molar-refractivity contribution < 1.29 is 8.78 Å². The van der Waals surface area contributed by atoms with E-state index in [2.05, 4.69) is 10.4 Å². The van der Waals surface area contributed by atoms with Crippen molar-refractivity contribution in [1.29, 1.82) is 0 Å². The zero-order valence-corrected chi connectivity index (χ0v) is 11.1. The Labute approximate surface area is 120 Å². The average Bonchev–Trinajstić information content (AvgIpc) is 2.53. The molecule has 0 atom stereocenters. The molecule has 3 rings (SSSR count). The molecule has 0 spiro atoms. The number of aromatic nitrogens is 1. The molecule has 1 aromatic heterocycles. The number of pyridine rings is 1. The lowest BCUT2D eigenvalue weighted by Gasteiger charge is -2.12. The van der Waals surface area contributed by atoms with Gasteiger partial charge in [-0.25, -0.2) is 13.8 Å². The summed E-state index contributed by atoms with van der Waals surface area (Å²) in [6.45, 7) is 0. The molecule has 0 unspecified atom stereocenters. The van der Waals surface area contributed by atoms with Crippen LogP contribution in [0.3, 0.4) is 0 Å². The maximum atomic E-state index is 13.0. The molecular weight excluding hydrogens is 272 g/mol. The van der Waals surface area contributed by atoms with E-state index in [9.17, 15) is 8.78 Å². The van der Waals surface area contributed by atoms with E-state index in [1.807, 2.05) is 42.5 Å². The molecule has 5 heteroatoms. The van der Waals surface area contributed by atoms with Crippen LogP contribution in [0.15, 0.2) is 54.6 Å². The first-order valence-corrected chi connectivity index (χ1v) is 6.44. The number of hydrogen-bond donors (Lipinski definition) is 2. The van der Waals surface area contributed by atoms with Gasteiger partial charge < -0.3 is 5.43 Å². The van der Waals surface area contributed by atoms with Gasteiger partial charge in [-0.1, -0.05) is 48.5 Å². The number of hydrazine groups is 1. The Kier molecular flexibility index (Phi) is 3.50. The van der Waals surface area contributed by atoms with Crippen molar-refractivity contribution in [2.75, 3.05) is 5.43 Å². The molecule has 2 aromatic carbocycles. The largest absolute Gasteiger partial charge is 0.323 e. The average molecular weight is 285 g/mol. The zero-order chi connectivity index (χ0) is 14.8. The summed E-state index contributed by atoms with van der Waals surface area (Å²) >= 11 is 0. The van der Waals surface area contributed by atoms with Gasteiger partial charge in [-0.05, 0) is 11.6 Å². The molecule has 3 N–H and O–H groups in total. The molecule has 1 heterocycles. The third kappa shape index (κ3) is 2.43. The van der Waals surface area contributed by atoms with Gasteiger partial charge in [0.1, 0.15) is 5.69 Å². The first-order chi connectivity index (χ1) is 10.2. The summed E-state index contributed by atoms with van der Waals surface area (Å²) in [4.78, 5) is 4.11. The normalized spacial score (nSPS) is 11.0. The van der Waals surface area contributed by atoms with E-state index in [1.54, 1.807) is 6.07 Å². The Hall–Kier alpha value is -2.53. The fourth-order valence-corrected chi connectivity index (χ4v) is 2.35. The van der Waals surface area contributed by atoms with Gasteiger partial charge in [0.2, 0.25) is 0 Å². The second kappa shape index (κ2) is 5.46. The van der Waals surface area contributed by atoms with Gasteiger partial charge in [-0.2, -0.15) is 0 Å². The summed E-state index contributed by atoms with van der Waals surface area (Å²) < 4.78 is 26.0. The van der Waals surface area contributed by atoms with Gasteiger partial charge in [-0.15, -0.1) is 0 Å². The maximum Gasteiger partial charge on any atom is 0.280 e. The standard InChI is InChI=1S/C16H13F2N3/c17-16(18)14-9-13(21-19)12-8-4-7-11(15(12)20-14)10-5-2-1-3-6-10/h1-9,16H,19H2,(H,20,21). The van der Waals surface area contributed by atoms with Crippen LogP contribution < -0.4 is 11.3 Å². The number of para-hydroxylation sites is 1. The smallest absolute Gasteiger partial charge is 0.280 e. The van der Waals surface area contributed by atoms with Gasteiger partial charge in [0.15, 0.2) is 0 Å².